The number of thiophene rings is 2. The minimum Gasteiger partial charge on any atom is -0.264 e. The van der Waals surface area contributed by atoms with Gasteiger partial charge in [-0.15, -0.1) is 22.7 Å². The van der Waals surface area contributed by atoms with Gasteiger partial charge in [-0.25, -0.2) is 0 Å². The Labute approximate surface area is 273 Å². The highest BCUT2D eigenvalue weighted by Gasteiger charge is 2.22. The molecule has 10 rings (SSSR count). The first-order valence-electron chi connectivity index (χ1n) is 15.5. The van der Waals surface area contributed by atoms with Gasteiger partial charge < -0.3 is 0 Å². The van der Waals surface area contributed by atoms with Crippen LogP contribution in [0.2, 0.25) is 0 Å². The molecule has 0 N–H and O–H groups in total. The van der Waals surface area contributed by atoms with Crippen molar-refractivity contribution < 1.29 is 0 Å². The summed E-state index contributed by atoms with van der Waals surface area (Å²) in [6, 6.07) is 51.5. The van der Waals surface area contributed by atoms with E-state index in [1.54, 1.807) is 0 Å². The summed E-state index contributed by atoms with van der Waals surface area (Å²) in [5.74, 6) is 0. The zero-order chi connectivity index (χ0) is 30.2. The van der Waals surface area contributed by atoms with Gasteiger partial charge in [0.15, 0.2) is 0 Å². The van der Waals surface area contributed by atoms with Crippen LogP contribution >= 0.6 is 22.7 Å². The van der Waals surface area contributed by atoms with Gasteiger partial charge in [0, 0.05) is 63.7 Å². The number of pyridine rings is 1. The molecule has 0 amide bonds. The van der Waals surface area contributed by atoms with Gasteiger partial charge in [0.1, 0.15) is 0 Å². The molecule has 3 aromatic heterocycles. The fourth-order valence-corrected chi connectivity index (χ4v) is 9.83. The van der Waals surface area contributed by atoms with E-state index in [-0.39, 0.29) is 0 Å². The maximum atomic E-state index is 4.36. The predicted octanol–water partition coefficient (Wildman–Crippen LogP) is 13.1. The lowest BCUT2D eigenvalue weighted by Crippen LogP contribution is -1.92. The Balaban J connectivity index is 1.38. The monoisotopic (exact) mass is 619 g/mol. The molecule has 0 fully saturated rings. The van der Waals surface area contributed by atoms with Crippen LogP contribution in [-0.4, -0.2) is 4.98 Å². The largest absolute Gasteiger partial charge is 0.264 e. The fourth-order valence-electron chi connectivity index (χ4n) is 7.34. The molecule has 0 aliphatic carbocycles. The predicted molar refractivity (Wildman–Crippen MR) is 201 cm³/mol. The molecule has 3 heteroatoms. The van der Waals surface area contributed by atoms with E-state index in [2.05, 4.69) is 138 Å². The van der Waals surface area contributed by atoms with Crippen molar-refractivity contribution in [2.24, 2.45) is 0 Å². The van der Waals surface area contributed by atoms with E-state index in [1.165, 1.54) is 89.7 Å². The first-order valence-corrected chi connectivity index (χ1v) is 17.2. The van der Waals surface area contributed by atoms with Crippen LogP contribution in [0.5, 0.6) is 0 Å². The number of aromatic nitrogens is 1. The first kappa shape index (κ1) is 25.9. The summed E-state index contributed by atoms with van der Waals surface area (Å²) < 4.78 is 5.35. The standard InChI is InChI=1S/C43H25NS2/c1-2-13-32-31(12-1)39(27-20-18-26(19-21-27)28-9-8-24-44-25-28)40(36-15-7-14-33-29-10-3-5-16-37(29)45-42(33)36)35-23-22-34-30-11-4-6-17-38(30)46-43(34)41(32)35/h1-25H. The normalized spacial score (nSPS) is 11.9. The average Bonchev–Trinajstić information content (AvgIpc) is 3.70. The van der Waals surface area contributed by atoms with Crippen LogP contribution in [0.4, 0.5) is 0 Å². The van der Waals surface area contributed by atoms with Gasteiger partial charge >= 0.3 is 0 Å². The molecule has 0 aliphatic heterocycles. The SMILES string of the molecule is c1cncc(-c2ccc(-c3c(-c4cccc5c4sc4ccccc45)c4ccc5c6ccccc6sc5c4c4ccccc34)cc2)c1. The van der Waals surface area contributed by atoms with E-state index >= 15 is 0 Å². The highest BCUT2D eigenvalue weighted by molar-refractivity contribution is 7.27. The molecule has 0 unspecified atom stereocenters. The van der Waals surface area contributed by atoms with E-state index in [0.717, 1.165) is 5.56 Å². The minimum absolute atomic E-state index is 1.12. The van der Waals surface area contributed by atoms with Crippen LogP contribution in [0, 0.1) is 0 Å². The Hall–Kier alpha value is -5.35. The summed E-state index contributed by atoms with van der Waals surface area (Å²) in [4.78, 5) is 4.36. The quantitative estimate of drug-likeness (QED) is 0.179. The number of fused-ring (bicyclic) bond motifs is 10. The second-order valence-electron chi connectivity index (χ2n) is 11.9. The van der Waals surface area contributed by atoms with Crippen molar-refractivity contribution in [3.05, 3.63) is 152 Å². The van der Waals surface area contributed by atoms with E-state index in [9.17, 15) is 0 Å². The van der Waals surface area contributed by atoms with E-state index in [1.807, 2.05) is 41.1 Å². The van der Waals surface area contributed by atoms with Crippen molar-refractivity contribution in [3.63, 3.8) is 0 Å². The van der Waals surface area contributed by atoms with Crippen LogP contribution in [0.3, 0.4) is 0 Å². The zero-order valence-corrected chi connectivity index (χ0v) is 26.3. The van der Waals surface area contributed by atoms with Crippen molar-refractivity contribution in [2.75, 3.05) is 0 Å². The molecule has 0 saturated carbocycles. The molecule has 0 atom stereocenters. The Bertz CT molecular complexity index is 2790. The molecule has 10 aromatic rings. The van der Waals surface area contributed by atoms with E-state index < -0.39 is 0 Å². The number of nitrogens with zero attached hydrogens (tertiary/aromatic N) is 1. The van der Waals surface area contributed by atoms with Crippen LogP contribution in [0.1, 0.15) is 0 Å². The van der Waals surface area contributed by atoms with Crippen molar-refractivity contribution >= 4 is 84.6 Å². The van der Waals surface area contributed by atoms with E-state index in [0.29, 0.717) is 0 Å². The summed E-state index contributed by atoms with van der Waals surface area (Å²) in [7, 11) is 0. The van der Waals surface area contributed by atoms with Crippen molar-refractivity contribution in [3.8, 4) is 33.4 Å². The summed E-state index contributed by atoms with van der Waals surface area (Å²) >= 11 is 3.82. The van der Waals surface area contributed by atoms with Crippen molar-refractivity contribution in [1.29, 1.82) is 0 Å². The van der Waals surface area contributed by atoms with Crippen molar-refractivity contribution in [1.82, 2.24) is 4.98 Å². The molecule has 214 valence electrons. The highest BCUT2D eigenvalue weighted by Crippen LogP contribution is 2.51. The molecule has 1 nitrogen and oxygen atoms in total. The summed E-state index contributed by atoms with van der Waals surface area (Å²) in [5.41, 5.74) is 7.39. The average molecular weight is 620 g/mol. The Morgan fingerprint density at radius 1 is 0.370 bits per heavy atom. The van der Waals surface area contributed by atoms with Gasteiger partial charge in [-0.3, -0.25) is 4.98 Å². The maximum absolute atomic E-state index is 4.36. The van der Waals surface area contributed by atoms with Gasteiger partial charge in [0.25, 0.3) is 0 Å². The van der Waals surface area contributed by atoms with Crippen molar-refractivity contribution in [2.45, 2.75) is 0 Å². The smallest absolute Gasteiger partial charge is 0.0440 e. The maximum Gasteiger partial charge on any atom is 0.0440 e. The third kappa shape index (κ3) is 3.76. The van der Waals surface area contributed by atoms with Gasteiger partial charge in [0.2, 0.25) is 0 Å². The van der Waals surface area contributed by atoms with Gasteiger partial charge in [-0.2, -0.15) is 0 Å². The topological polar surface area (TPSA) is 12.9 Å². The molecule has 0 radical (unpaired) electrons. The number of hydrogen-bond donors (Lipinski definition) is 0. The minimum atomic E-state index is 1.12. The lowest BCUT2D eigenvalue weighted by molar-refractivity contribution is 1.33. The lowest BCUT2D eigenvalue weighted by atomic mass is 9.84. The summed E-state index contributed by atoms with van der Waals surface area (Å²) in [5, 5.41) is 10.5. The second kappa shape index (κ2) is 10.1. The first-order chi connectivity index (χ1) is 22.8. The van der Waals surface area contributed by atoms with Crippen LogP contribution < -0.4 is 0 Å². The van der Waals surface area contributed by atoms with E-state index in [4.69, 9.17) is 0 Å². The molecule has 0 spiro atoms. The van der Waals surface area contributed by atoms with Gasteiger partial charge in [-0.05, 0) is 62.2 Å². The Kier molecular flexibility index (Phi) is 5.68. The van der Waals surface area contributed by atoms with Crippen LogP contribution in [0.25, 0.3) is 95.3 Å². The highest BCUT2D eigenvalue weighted by atomic mass is 32.1. The molecule has 46 heavy (non-hydrogen) atoms. The molecule has 0 aliphatic rings. The third-order valence-corrected chi connectivity index (χ3v) is 11.8. The molecular weight excluding hydrogens is 595 g/mol. The number of hydrogen-bond acceptors (Lipinski definition) is 3. The van der Waals surface area contributed by atoms with Crippen LogP contribution in [-0.2, 0) is 0 Å². The number of rotatable bonds is 3. The van der Waals surface area contributed by atoms with Gasteiger partial charge in [-0.1, -0.05) is 121 Å². The molecule has 0 saturated heterocycles. The lowest BCUT2D eigenvalue weighted by Gasteiger charge is -2.20. The Morgan fingerprint density at radius 3 is 1.72 bits per heavy atom. The van der Waals surface area contributed by atoms with Gasteiger partial charge in [0.05, 0.1) is 0 Å². The van der Waals surface area contributed by atoms with Crippen LogP contribution in [0.15, 0.2) is 152 Å². The Morgan fingerprint density at radius 2 is 0.978 bits per heavy atom. The molecule has 7 aromatic carbocycles. The third-order valence-electron chi connectivity index (χ3n) is 9.37. The number of benzene rings is 7. The second-order valence-corrected chi connectivity index (χ2v) is 14.0. The summed E-state index contributed by atoms with van der Waals surface area (Å²) in [6.07, 6.45) is 3.76. The zero-order valence-electron chi connectivity index (χ0n) is 24.7. The molecular formula is C43H25NS2. The fraction of sp³-hybridized carbons (Fsp3) is 0. The summed E-state index contributed by atoms with van der Waals surface area (Å²) in [6.45, 7) is 0. The molecule has 3 heterocycles. The molecule has 0 bridgehead atoms.